The fourth-order valence-electron chi connectivity index (χ4n) is 5.57. The number of likely N-dealkylation sites (tertiary alicyclic amines) is 1. The Balaban J connectivity index is 1.62. The first-order valence-corrected chi connectivity index (χ1v) is 14.2. The minimum Gasteiger partial charge on any atom is -0.350 e. The van der Waals surface area contributed by atoms with E-state index in [0.717, 1.165) is 11.1 Å². The van der Waals surface area contributed by atoms with E-state index in [1.807, 2.05) is 62.4 Å². The topological polar surface area (TPSA) is 111 Å². The van der Waals surface area contributed by atoms with Crippen molar-refractivity contribution >= 4 is 35.4 Å². The van der Waals surface area contributed by atoms with Crippen LogP contribution in [0, 0.1) is 5.41 Å². The minimum atomic E-state index is -0.925. The molecule has 2 aromatic carbocycles. The molecule has 10 heteroatoms. The van der Waals surface area contributed by atoms with Gasteiger partial charge in [0.1, 0.15) is 6.04 Å². The van der Waals surface area contributed by atoms with Gasteiger partial charge in [0.2, 0.25) is 17.7 Å². The molecule has 2 heterocycles. The van der Waals surface area contributed by atoms with Crippen LogP contribution in [0.5, 0.6) is 0 Å². The first kappa shape index (κ1) is 29.4. The first-order valence-electron chi connectivity index (χ1n) is 13.8. The van der Waals surface area contributed by atoms with E-state index in [4.69, 9.17) is 11.6 Å². The van der Waals surface area contributed by atoms with Crippen molar-refractivity contribution in [2.24, 2.45) is 5.41 Å². The van der Waals surface area contributed by atoms with E-state index in [-0.39, 0.29) is 42.9 Å². The molecule has 0 radical (unpaired) electrons. The molecule has 0 saturated carbocycles. The van der Waals surface area contributed by atoms with Gasteiger partial charge in [-0.15, -0.1) is 0 Å². The van der Waals surface area contributed by atoms with E-state index >= 15 is 0 Å². The maximum absolute atomic E-state index is 13.9. The third-order valence-corrected chi connectivity index (χ3v) is 8.16. The minimum absolute atomic E-state index is 0.00144. The molecule has 2 aliphatic heterocycles. The van der Waals surface area contributed by atoms with Gasteiger partial charge in [0.25, 0.3) is 0 Å². The number of benzene rings is 2. The molecule has 0 aliphatic carbocycles. The van der Waals surface area contributed by atoms with E-state index in [1.165, 1.54) is 11.8 Å². The Morgan fingerprint density at radius 3 is 2.33 bits per heavy atom. The van der Waals surface area contributed by atoms with Gasteiger partial charge in [0.05, 0.1) is 11.5 Å². The van der Waals surface area contributed by atoms with Gasteiger partial charge >= 0.3 is 6.03 Å². The Labute approximate surface area is 240 Å². The SMILES string of the molecule is CC(=O)N1CC2(CCN(C(=O)NC(C)C)CC2)C(=O)NC(Cc2ccccc2)C1C(=O)NCc1ccccc1Cl. The number of hydrogen-bond donors (Lipinski definition) is 3. The van der Waals surface area contributed by atoms with Crippen molar-refractivity contribution in [1.29, 1.82) is 0 Å². The van der Waals surface area contributed by atoms with Crippen molar-refractivity contribution in [2.75, 3.05) is 19.6 Å². The predicted molar refractivity (Wildman–Crippen MR) is 153 cm³/mol. The highest BCUT2D eigenvalue weighted by Crippen LogP contribution is 2.36. The fraction of sp³-hybridized carbons (Fsp3) is 0.467. The van der Waals surface area contributed by atoms with Crippen LogP contribution in [-0.2, 0) is 27.3 Å². The van der Waals surface area contributed by atoms with Crippen LogP contribution in [0.1, 0.15) is 44.7 Å². The predicted octanol–water partition coefficient (Wildman–Crippen LogP) is 3.11. The normalized spacial score (nSPS) is 20.6. The summed E-state index contributed by atoms with van der Waals surface area (Å²) in [6, 6.07) is 15.1. The zero-order valence-corrected chi connectivity index (χ0v) is 24.0. The number of halogens is 1. The second kappa shape index (κ2) is 12.7. The lowest BCUT2D eigenvalue weighted by Gasteiger charge is -2.42. The zero-order chi connectivity index (χ0) is 28.9. The average molecular weight is 568 g/mol. The van der Waals surface area contributed by atoms with Crippen molar-refractivity contribution in [1.82, 2.24) is 25.8 Å². The van der Waals surface area contributed by atoms with Gasteiger partial charge in [-0.3, -0.25) is 14.4 Å². The summed E-state index contributed by atoms with van der Waals surface area (Å²) in [5.74, 6) is -0.834. The summed E-state index contributed by atoms with van der Waals surface area (Å²) >= 11 is 6.31. The quantitative estimate of drug-likeness (QED) is 0.498. The molecule has 2 aliphatic rings. The molecule has 4 rings (SSSR count). The number of urea groups is 1. The van der Waals surface area contributed by atoms with Crippen molar-refractivity contribution in [3.8, 4) is 0 Å². The molecule has 40 heavy (non-hydrogen) atoms. The van der Waals surface area contributed by atoms with Crippen LogP contribution in [0.15, 0.2) is 54.6 Å². The average Bonchev–Trinajstić information content (AvgIpc) is 3.03. The number of rotatable bonds is 6. The van der Waals surface area contributed by atoms with Gasteiger partial charge in [0, 0.05) is 44.2 Å². The highest BCUT2D eigenvalue weighted by Gasteiger charge is 2.51. The van der Waals surface area contributed by atoms with Crippen molar-refractivity contribution in [3.05, 3.63) is 70.7 Å². The molecule has 2 fully saturated rings. The van der Waals surface area contributed by atoms with Crippen LogP contribution in [0.4, 0.5) is 4.79 Å². The van der Waals surface area contributed by atoms with E-state index in [2.05, 4.69) is 16.0 Å². The number of piperidine rings is 1. The molecule has 2 atom stereocenters. The molecule has 214 valence electrons. The van der Waals surface area contributed by atoms with E-state index in [1.54, 1.807) is 11.0 Å². The Hall–Kier alpha value is -3.59. The summed E-state index contributed by atoms with van der Waals surface area (Å²) in [5.41, 5.74) is 0.788. The zero-order valence-electron chi connectivity index (χ0n) is 23.3. The molecular formula is C30H38ClN5O4. The molecule has 2 unspecified atom stereocenters. The largest absolute Gasteiger partial charge is 0.350 e. The van der Waals surface area contributed by atoms with Crippen molar-refractivity contribution in [2.45, 2.75) is 64.7 Å². The lowest BCUT2D eigenvalue weighted by molar-refractivity contribution is -0.142. The number of nitrogens with zero attached hydrogens (tertiary/aromatic N) is 2. The van der Waals surface area contributed by atoms with Crippen molar-refractivity contribution < 1.29 is 19.2 Å². The summed E-state index contributed by atoms with van der Waals surface area (Å²) in [6.07, 6.45) is 1.15. The number of nitrogens with one attached hydrogen (secondary N) is 3. The standard InChI is InChI=1S/C30H38ClN5O4/c1-20(2)33-29(40)35-15-13-30(14-16-35)19-36(21(3)37)26(27(38)32-18-23-11-7-8-12-24(23)31)25(34-28(30)39)17-22-9-5-4-6-10-22/h4-12,20,25-26H,13-19H2,1-3H3,(H,32,38)(H,33,40)(H,34,39). The van der Waals surface area contributed by atoms with Crippen LogP contribution in [0.25, 0.3) is 0 Å². The van der Waals surface area contributed by atoms with Gasteiger partial charge in [-0.05, 0) is 50.3 Å². The van der Waals surface area contributed by atoms with Gasteiger partial charge < -0.3 is 25.8 Å². The third-order valence-electron chi connectivity index (χ3n) is 7.79. The molecule has 0 aromatic heterocycles. The maximum Gasteiger partial charge on any atom is 0.317 e. The Bertz CT molecular complexity index is 1230. The van der Waals surface area contributed by atoms with Crippen LogP contribution in [0.2, 0.25) is 5.02 Å². The molecule has 0 bridgehead atoms. The maximum atomic E-state index is 13.9. The second-order valence-electron chi connectivity index (χ2n) is 11.0. The number of carbonyl (C=O) groups is 4. The summed E-state index contributed by atoms with van der Waals surface area (Å²) in [6.45, 7) is 6.28. The van der Waals surface area contributed by atoms with Gasteiger partial charge in [-0.25, -0.2) is 4.79 Å². The monoisotopic (exact) mass is 567 g/mol. The highest BCUT2D eigenvalue weighted by atomic mass is 35.5. The molecule has 5 amide bonds. The van der Waals surface area contributed by atoms with Gasteiger partial charge in [0.15, 0.2) is 0 Å². The number of hydrogen-bond acceptors (Lipinski definition) is 4. The number of amides is 5. The molecular weight excluding hydrogens is 530 g/mol. The molecule has 2 saturated heterocycles. The Morgan fingerprint density at radius 1 is 1.05 bits per heavy atom. The molecule has 3 N–H and O–H groups in total. The van der Waals surface area contributed by atoms with Crippen LogP contribution < -0.4 is 16.0 Å². The Kier molecular flexibility index (Phi) is 9.35. The first-order chi connectivity index (χ1) is 19.1. The second-order valence-corrected chi connectivity index (χ2v) is 11.4. The lowest BCUT2D eigenvalue weighted by Crippen LogP contribution is -2.58. The lowest BCUT2D eigenvalue weighted by atomic mass is 9.77. The Morgan fingerprint density at radius 2 is 1.70 bits per heavy atom. The fourth-order valence-corrected chi connectivity index (χ4v) is 5.77. The molecule has 1 spiro atoms. The smallest absolute Gasteiger partial charge is 0.317 e. The summed E-state index contributed by atoms with van der Waals surface area (Å²) in [4.78, 5) is 56.7. The van der Waals surface area contributed by atoms with Crippen molar-refractivity contribution in [3.63, 3.8) is 0 Å². The summed E-state index contributed by atoms with van der Waals surface area (Å²) in [5, 5.41) is 9.54. The molecule has 9 nitrogen and oxygen atoms in total. The van der Waals surface area contributed by atoms with E-state index in [9.17, 15) is 19.2 Å². The van der Waals surface area contributed by atoms with Gasteiger partial charge in [-0.2, -0.15) is 0 Å². The third kappa shape index (κ3) is 6.75. The highest BCUT2D eigenvalue weighted by molar-refractivity contribution is 6.31. The van der Waals surface area contributed by atoms with Crippen LogP contribution in [0.3, 0.4) is 0 Å². The summed E-state index contributed by atoms with van der Waals surface area (Å²) in [7, 11) is 0. The van der Waals surface area contributed by atoms with Crippen LogP contribution >= 0.6 is 11.6 Å². The van der Waals surface area contributed by atoms with Crippen LogP contribution in [-0.4, -0.2) is 71.3 Å². The molecule has 2 aromatic rings. The van der Waals surface area contributed by atoms with E-state index in [0.29, 0.717) is 37.4 Å². The van der Waals surface area contributed by atoms with Gasteiger partial charge in [-0.1, -0.05) is 60.1 Å². The number of carbonyl (C=O) groups excluding carboxylic acids is 4. The van der Waals surface area contributed by atoms with E-state index < -0.39 is 17.5 Å². The summed E-state index contributed by atoms with van der Waals surface area (Å²) < 4.78 is 0.